The smallest absolute Gasteiger partial charge is 0.150 e. The first-order valence-electron chi connectivity index (χ1n) is 5.60. The number of hydrogen-bond donors (Lipinski definition) is 1. The molecule has 16 heavy (non-hydrogen) atoms. The highest BCUT2D eigenvalue weighted by Gasteiger charge is 2.18. The number of nitrogens with one attached hydrogen (secondary N) is 1. The van der Waals surface area contributed by atoms with Gasteiger partial charge in [0.2, 0.25) is 0 Å². The van der Waals surface area contributed by atoms with Gasteiger partial charge in [-0.15, -0.1) is 0 Å². The second-order valence-electron chi connectivity index (χ2n) is 4.24. The number of piperazine rings is 1. The molecule has 1 aliphatic heterocycles. The van der Waals surface area contributed by atoms with E-state index in [0.717, 1.165) is 32.0 Å². The number of rotatable bonds is 1. The van der Waals surface area contributed by atoms with Gasteiger partial charge in [0.15, 0.2) is 5.82 Å². The normalized spacial score (nSPS) is 18.2. The van der Waals surface area contributed by atoms with Crippen LogP contribution < -0.4 is 9.80 Å². The Morgan fingerprint density at radius 3 is 2.81 bits per heavy atom. The van der Waals surface area contributed by atoms with Crippen molar-refractivity contribution in [2.24, 2.45) is 0 Å². The molecule has 1 aromatic carbocycles. The van der Waals surface area contributed by atoms with Crippen LogP contribution in [0.3, 0.4) is 0 Å². The largest absolute Gasteiger partial charge is 0.465 e. The number of benzene rings is 1. The van der Waals surface area contributed by atoms with Crippen molar-refractivity contribution in [1.29, 1.82) is 0 Å². The zero-order valence-corrected chi connectivity index (χ0v) is 9.96. The summed E-state index contributed by atoms with van der Waals surface area (Å²) in [5.41, 5.74) is 0. The first-order valence-corrected chi connectivity index (χ1v) is 6.38. The zero-order chi connectivity index (χ0) is 11.0. The number of hydrogen-bond acceptors (Lipinski definition) is 3. The van der Waals surface area contributed by atoms with Gasteiger partial charge in [-0.2, -0.15) is 11.4 Å². The van der Waals surface area contributed by atoms with E-state index in [9.17, 15) is 0 Å². The molecule has 1 aliphatic rings. The van der Waals surface area contributed by atoms with Crippen LogP contribution >= 0.6 is 11.5 Å². The molecule has 2 aromatic rings. The fourth-order valence-electron chi connectivity index (χ4n) is 2.14. The lowest BCUT2D eigenvalue weighted by molar-refractivity contribution is -0.854. The van der Waals surface area contributed by atoms with Crippen LogP contribution in [0.2, 0.25) is 0 Å². The third-order valence-electron chi connectivity index (χ3n) is 3.13. The maximum Gasteiger partial charge on any atom is 0.150 e. The minimum Gasteiger partial charge on any atom is -0.465 e. The maximum absolute atomic E-state index is 4.58. The van der Waals surface area contributed by atoms with E-state index in [1.165, 1.54) is 15.0 Å². The van der Waals surface area contributed by atoms with E-state index in [-0.39, 0.29) is 0 Å². The molecule has 0 amide bonds. The lowest BCUT2D eigenvalue weighted by Gasteiger charge is -2.34. The Hall–Kier alpha value is -1.13. The van der Waals surface area contributed by atoms with Crippen LogP contribution in [0, 0.1) is 7.05 Å². The van der Waals surface area contributed by atoms with Gasteiger partial charge in [-0.05, 0) is 23.7 Å². The van der Waals surface area contributed by atoms with Crippen molar-refractivity contribution in [3.8, 4) is 0 Å². The molecule has 0 radical (unpaired) electrons. The fraction of sp³-hybridized carbons (Fsp3) is 0.333. The summed E-state index contributed by atoms with van der Waals surface area (Å²) >= 11 is 1.59. The van der Waals surface area contributed by atoms with Crippen LogP contribution in [0.25, 0.3) is 10.1 Å². The molecule has 4 heteroatoms. The molecule has 0 unspecified atom stereocenters. The van der Waals surface area contributed by atoms with E-state index >= 15 is 0 Å². The van der Waals surface area contributed by atoms with Crippen molar-refractivity contribution in [1.82, 2.24) is 4.37 Å². The van der Waals surface area contributed by atoms with Gasteiger partial charge >= 0.3 is 0 Å². The summed E-state index contributed by atoms with van der Waals surface area (Å²) in [5.74, 6) is 1.16. The van der Waals surface area contributed by atoms with Gasteiger partial charge < -0.3 is 9.80 Å². The van der Waals surface area contributed by atoms with Crippen molar-refractivity contribution >= 4 is 27.4 Å². The highest BCUT2D eigenvalue weighted by atomic mass is 32.1. The molecule has 1 fully saturated rings. The first kappa shape index (κ1) is 10.1. The zero-order valence-electron chi connectivity index (χ0n) is 9.15. The summed E-state index contributed by atoms with van der Waals surface area (Å²) < 4.78 is 5.86. The molecule has 0 bridgehead atoms. The van der Waals surface area contributed by atoms with Gasteiger partial charge in [-0.1, -0.05) is 12.1 Å². The van der Waals surface area contributed by atoms with Crippen molar-refractivity contribution in [2.45, 2.75) is 0 Å². The second kappa shape index (κ2) is 4.03. The molecule has 2 heterocycles. The lowest BCUT2D eigenvalue weighted by Crippen LogP contribution is -3.10. The van der Waals surface area contributed by atoms with E-state index in [2.05, 4.69) is 40.6 Å². The Bertz CT molecular complexity index is 486. The van der Waals surface area contributed by atoms with Gasteiger partial charge in [0.25, 0.3) is 0 Å². The van der Waals surface area contributed by atoms with Gasteiger partial charge in [-0.25, -0.2) is 0 Å². The molecule has 1 saturated heterocycles. The minimum atomic E-state index is 1.06. The van der Waals surface area contributed by atoms with E-state index in [1.54, 1.807) is 11.5 Å². The lowest BCUT2D eigenvalue weighted by atomic mass is 10.2. The highest BCUT2D eigenvalue weighted by Crippen LogP contribution is 2.28. The third kappa shape index (κ3) is 1.68. The minimum absolute atomic E-state index is 1.06. The number of anilines is 1. The quantitative estimate of drug-likeness (QED) is 0.735. The van der Waals surface area contributed by atoms with Crippen molar-refractivity contribution < 1.29 is 4.90 Å². The Morgan fingerprint density at radius 1 is 1.25 bits per heavy atom. The Kier molecular flexibility index (Phi) is 2.53. The Labute approximate surface area is 99.5 Å². The number of fused-ring (bicyclic) bond motifs is 1. The Morgan fingerprint density at radius 2 is 2.00 bits per heavy atom. The third-order valence-corrected chi connectivity index (χ3v) is 3.95. The van der Waals surface area contributed by atoms with Crippen LogP contribution in [-0.4, -0.2) is 30.6 Å². The molecule has 84 valence electrons. The predicted molar refractivity (Wildman–Crippen MR) is 67.9 cm³/mol. The first-order chi connectivity index (χ1) is 7.84. The molecule has 0 saturated carbocycles. The van der Waals surface area contributed by atoms with E-state index < -0.39 is 0 Å². The molecule has 0 atom stereocenters. The summed E-state index contributed by atoms with van der Waals surface area (Å²) in [7, 11) is 4.05. The Balaban J connectivity index is 1.94. The summed E-state index contributed by atoms with van der Waals surface area (Å²) in [6.45, 7) is 4.33. The SMILES string of the molecule is [CH2-][NH+]1CCN(c2nsc3ccccc23)CC1. The van der Waals surface area contributed by atoms with E-state index in [0.29, 0.717) is 0 Å². The van der Waals surface area contributed by atoms with Crippen molar-refractivity contribution in [2.75, 3.05) is 31.1 Å². The molecule has 0 aliphatic carbocycles. The predicted octanol–water partition coefficient (Wildman–Crippen LogP) is 0.793. The van der Waals surface area contributed by atoms with E-state index in [1.807, 2.05) is 0 Å². The van der Waals surface area contributed by atoms with Gasteiger partial charge in [-0.3, -0.25) is 0 Å². The van der Waals surface area contributed by atoms with Gasteiger partial charge in [0.1, 0.15) is 0 Å². The van der Waals surface area contributed by atoms with Crippen molar-refractivity contribution in [3.63, 3.8) is 0 Å². The topological polar surface area (TPSA) is 20.6 Å². The standard InChI is InChI=1S/C12H15N3S/c1-14-6-8-15(9-7-14)12-10-4-2-3-5-11(10)16-13-12/h2-5,14H,1,6-9H2. The molecule has 1 aromatic heterocycles. The average molecular weight is 233 g/mol. The van der Waals surface area contributed by atoms with Crippen molar-refractivity contribution in [3.05, 3.63) is 31.3 Å². The van der Waals surface area contributed by atoms with Gasteiger partial charge in [0.05, 0.1) is 30.9 Å². The number of quaternary nitrogens is 1. The number of nitrogens with zero attached hydrogens (tertiary/aromatic N) is 2. The van der Waals surface area contributed by atoms with E-state index in [4.69, 9.17) is 0 Å². The molecule has 3 nitrogen and oxygen atoms in total. The van der Waals surface area contributed by atoms with Crippen LogP contribution in [0.1, 0.15) is 0 Å². The summed E-state index contributed by atoms with van der Waals surface area (Å²) in [6, 6.07) is 8.46. The van der Waals surface area contributed by atoms with Crippen LogP contribution in [-0.2, 0) is 0 Å². The molecule has 0 spiro atoms. The molecular formula is C12H15N3S. The number of aromatic nitrogens is 1. The summed E-state index contributed by atoms with van der Waals surface area (Å²) in [4.78, 5) is 3.75. The van der Waals surface area contributed by atoms with Crippen LogP contribution in [0.4, 0.5) is 5.82 Å². The maximum atomic E-state index is 4.58. The summed E-state index contributed by atoms with van der Waals surface area (Å²) in [6.07, 6.45) is 0. The second-order valence-corrected chi connectivity index (χ2v) is 5.04. The van der Waals surface area contributed by atoms with Crippen LogP contribution in [0.5, 0.6) is 0 Å². The molecule has 1 N–H and O–H groups in total. The fourth-order valence-corrected chi connectivity index (χ4v) is 2.93. The monoisotopic (exact) mass is 233 g/mol. The summed E-state index contributed by atoms with van der Waals surface area (Å²) in [5, 5.41) is 1.29. The van der Waals surface area contributed by atoms with Crippen LogP contribution in [0.15, 0.2) is 24.3 Å². The molecule has 3 rings (SSSR count). The highest BCUT2D eigenvalue weighted by molar-refractivity contribution is 7.13. The molecular weight excluding hydrogens is 218 g/mol. The average Bonchev–Trinajstić information content (AvgIpc) is 2.74. The van der Waals surface area contributed by atoms with Gasteiger partial charge in [0, 0.05) is 5.39 Å².